The molecule has 4 rings (SSSR count). The van der Waals surface area contributed by atoms with Gasteiger partial charge in [0.1, 0.15) is 6.61 Å². The van der Waals surface area contributed by atoms with E-state index in [1.807, 2.05) is 30.3 Å². The molecule has 6 nitrogen and oxygen atoms in total. The molecule has 0 spiro atoms. The molecule has 1 atom stereocenters. The molecular weight excluding hydrogens is 332 g/mol. The molecule has 0 radical (unpaired) electrons. The van der Waals surface area contributed by atoms with E-state index in [0.717, 1.165) is 5.56 Å². The maximum atomic E-state index is 13.1. The third-order valence-corrected chi connectivity index (χ3v) is 5.08. The predicted octanol–water partition coefficient (Wildman–Crippen LogP) is 2.34. The molecule has 0 bridgehead atoms. The summed E-state index contributed by atoms with van der Waals surface area (Å²) in [4.78, 5) is 41.3. The van der Waals surface area contributed by atoms with Crippen molar-refractivity contribution in [3.8, 4) is 0 Å². The summed E-state index contributed by atoms with van der Waals surface area (Å²) < 4.78 is 5.53. The maximum absolute atomic E-state index is 13.1. The Bertz CT molecular complexity index is 896. The smallest absolute Gasteiger partial charge is 0.354 e. The largest absolute Gasteiger partial charge is 0.458 e. The van der Waals surface area contributed by atoms with E-state index in [0.29, 0.717) is 11.3 Å². The zero-order valence-electron chi connectivity index (χ0n) is 14.3. The van der Waals surface area contributed by atoms with Crippen molar-refractivity contribution < 1.29 is 19.1 Å². The molecule has 2 aliphatic heterocycles. The van der Waals surface area contributed by atoms with Crippen LogP contribution in [0.5, 0.6) is 0 Å². The zero-order chi connectivity index (χ0) is 18.3. The van der Waals surface area contributed by atoms with Crippen LogP contribution in [0.2, 0.25) is 0 Å². The van der Waals surface area contributed by atoms with Gasteiger partial charge in [0.05, 0.1) is 11.3 Å². The van der Waals surface area contributed by atoms with Gasteiger partial charge in [0.2, 0.25) is 11.6 Å². The standard InChI is InChI=1S/C20H18N2O4/c1-21-18(24)15-9-5-6-10-16(15)22-17(23)11-12-20(21,22)19(25)26-13-14-7-3-2-4-8-14/h2-10H,11-13H2,1H3/t20-/m0/s1. The second kappa shape index (κ2) is 5.98. The molecule has 0 aromatic heterocycles. The average molecular weight is 350 g/mol. The minimum atomic E-state index is -1.42. The number of carbonyl (C=O) groups is 3. The summed E-state index contributed by atoms with van der Waals surface area (Å²) in [6.45, 7) is 0.0904. The number of likely N-dealkylation sites (N-methyl/N-ethyl adjacent to an activating group) is 1. The van der Waals surface area contributed by atoms with Gasteiger partial charge < -0.3 is 9.64 Å². The van der Waals surface area contributed by atoms with Crippen LogP contribution in [-0.2, 0) is 20.9 Å². The lowest BCUT2D eigenvalue weighted by Crippen LogP contribution is -2.67. The number of anilines is 1. The lowest BCUT2D eigenvalue weighted by molar-refractivity contribution is -0.157. The molecule has 6 heteroatoms. The SMILES string of the molecule is CN1C(=O)c2ccccc2N2C(=O)CC[C@]12C(=O)OCc1ccccc1. The number of ether oxygens (including phenoxy) is 1. The van der Waals surface area contributed by atoms with Gasteiger partial charge in [0.25, 0.3) is 5.91 Å². The van der Waals surface area contributed by atoms with Gasteiger partial charge in [-0.15, -0.1) is 0 Å². The van der Waals surface area contributed by atoms with Crippen LogP contribution in [0.4, 0.5) is 5.69 Å². The number of carbonyl (C=O) groups excluding carboxylic acids is 3. The van der Waals surface area contributed by atoms with Crippen LogP contribution in [0.3, 0.4) is 0 Å². The van der Waals surface area contributed by atoms with E-state index in [1.54, 1.807) is 31.3 Å². The molecule has 2 aliphatic rings. The first-order valence-corrected chi connectivity index (χ1v) is 8.47. The number of nitrogens with zero attached hydrogens (tertiary/aromatic N) is 2. The number of rotatable bonds is 3. The van der Waals surface area contributed by atoms with Crippen LogP contribution in [-0.4, -0.2) is 35.4 Å². The first-order chi connectivity index (χ1) is 12.6. The van der Waals surface area contributed by atoms with Crippen LogP contribution in [0.1, 0.15) is 28.8 Å². The second-order valence-electron chi connectivity index (χ2n) is 6.49. The van der Waals surface area contributed by atoms with Gasteiger partial charge in [-0.2, -0.15) is 0 Å². The zero-order valence-corrected chi connectivity index (χ0v) is 14.3. The number of esters is 1. The van der Waals surface area contributed by atoms with Gasteiger partial charge in [-0.1, -0.05) is 42.5 Å². The van der Waals surface area contributed by atoms with Crippen molar-refractivity contribution in [1.29, 1.82) is 0 Å². The van der Waals surface area contributed by atoms with Gasteiger partial charge in [-0.05, 0) is 17.7 Å². The summed E-state index contributed by atoms with van der Waals surface area (Å²) in [5, 5.41) is 0. The highest BCUT2D eigenvalue weighted by Gasteiger charge is 2.60. The topological polar surface area (TPSA) is 66.9 Å². The molecule has 0 saturated carbocycles. The van der Waals surface area contributed by atoms with E-state index in [-0.39, 0.29) is 31.3 Å². The Kier molecular flexibility index (Phi) is 3.76. The Morgan fingerprint density at radius 1 is 1.08 bits per heavy atom. The molecule has 2 aromatic rings. The van der Waals surface area contributed by atoms with Crippen molar-refractivity contribution in [2.75, 3.05) is 11.9 Å². The van der Waals surface area contributed by atoms with E-state index >= 15 is 0 Å². The maximum Gasteiger partial charge on any atom is 0.354 e. The number of fused-ring (bicyclic) bond motifs is 3. The second-order valence-corrected chi connectivity index (χ2v) is 6.49. The van der Waals surface area contributed by atoms with Gasteiger partial charge in [0.15, 0.2) is 0 Å². The fraction of sp³-hybridized carbons (Fsp3) is 0.250. The van der Waals surface area contributed by atoms with E-state index in [1.165, 1.54) is 9.80 Å². The average Bonchev–Trinajstić information content (AvgIpc) is 3.04. The lowest BCUT2D eigenvalue weighted by Gasteiger charge is -2.46. The van der Waals surface area contributed by atoms with E-state index in [4.69, 9.17) is 4.74 Å². The minimum absolute atomic E-state index is 0.0904. The summed E-state index contributed by atoms with van der Waals surface area (Å²) in [6.07, 6.45) is 0.405. The third kappa shape index (κ3) is 2.22. The van der Waals surface area contributed by atoms with Crippen molar-refractivity contribution in [2.45, 2.75) is 25.1 Å². The van der Waals surface area contributed by atoms with Gasteiger partial charge in [0, 0.05) is 19.9 Å². The molecule has 132 valence electrons. The molecule has 2 aromatic carbocycles. The lowest BCUT2D eigenvalue weighted by atomic mass is 9.97. The van der Waals surface area contributed by atoms with Crippen LogP contribution in [0, 0.1) is 0 Å². The Morgan fingerprint density at radius 2 is 1.77 bits per heavy atom. The fourth-order valence-electron chi connectivity index (χ4n) is 3.73. The molecule has 2 amide bonds. The summed E-state index contributed by atoms with van der Waals surface area (Å²) >= 11 is 0. The molecule has 1 saturated heterocycles. The van der Waals surface area contributed by atoms with Gasteiger partial charge in [-0.3, -0.25) is 14.5 Å². The molecule has 0 aliphatic carbocycles. The molecule has 26 heavy (non-hydrogen) atoms. The van der Waals surface area contributed by atoms with E-state index in [2.05, 4.69) is 0 Å². The van der Waals surface area contributed by atoms with E-state index in [9.17, 15) is 14.4 Å². The number of hydrogen-bond donors (Lipinski definition) is 0. The summed E-state index contributed by atoms with van der Waals surface area (Å²) in [7, 11) is 1.55. The van der Waals surface area contributed by atoms with Gasteiger partial charge >= 0.3 is 5.97 Å². The Labute approximate surface area is 151 Å². The number of amides is 2. The normalized spacial score (nSPS) is 21.4. The molecule has 0 unspecified atom stereocenters. The summed E-state index contributed by atoms with van der Waals surface area (Å²) in [5.74, 6) is -1.06. The van der Waals surface area contributed by atoms with Gasteiger partial charge in [-0.25, -0.2) is 4.79 Å². The van der Waals surface area contributed by atoms with Crippen LogP contribution in [0.15, 0.2) is 54.6 Å². The monoisotopic (exact) mass is 350 g/mol. The number of benzene rings is 2. The van der Waals surface area contributed by atoms with Crippen LogP contribution in [0.25, 0.3) is 0 Å². The van der Waals surface area contributed by atoms with Crippen LogP contribution >= 0.6 is 0 Å². The first-order valence-electron chi connectivity index (χ1n) is 8.47. The predicted molar refractivity (Wildman–Crippen MR) is 94.2 cm³/mol. The highest BCUT2D eigenvalue weighted by Crippen LogP contribution is 2.44. The van der Waals surface area contributed by atoms with Crippen LogP contribution < -0.4 is 4.90 Å². The first kappa shape index (κ1) is 16.3. The number of para-hydroxylation sites is 1. The quantitative estimate of drug-likeness (QED) is 0.797. The molecule has 1 fully saturated rings. The van der Waals surface area contributed by atoms with Crippen molar-refractivity contribution in [1.82, 2.24) is 4.90 Å². The summed E-state index contributed by atoms with van der Waals surface area (Å²) in [5.41, 5.74) is 0.307. The van der Waals surface area contributed by atoms with Crippen molar-refractivity contribution in [3.05, 3.63) is 65.7 Å². The number of hydrogen-bond acceptors (Lipinski definition) is 4. The highest BCUT2D eigenvalue weighted by atomic mass is 16.5. The Morgan fingerprint density at radius 3 is 2.54 bits per heavy atom. The fourth-order valence-corrected chi connectivity index (χ4v) is 3.73. The van der Waals surface area contributed by atoms with Crippen molar-refractivity contribution in [2.24, 2.45) is 0 Å². The third-order valence-electron chi connectivity index (χ3n) is 5.08. The summed E-state index contributed by atoms with van der Waals surface area (Å²) in [6, 6.07) is 16.2. The molecule has 2 heterocycles. The van der Waals surface area contributed by atoms with E-state index < -0.39 is 11.6 Å². The minimum Gasteiger partial charge on any atom is -0.458 e. The highest BCUT2D eigenvalue weighted by molar-refractivity contribution is 6.15. The molecular formula is C20H18N2O4. The Balaban J connectivity index is 1.72. The Hall–Kier alpha value is -3.15. The molecule has 0 N–H and O–H groups in total. The van der Waals surface area contributed by atoms with Crippen molar-refractivity contribution in [3.63, 3.8) is 0 Å². The van der Waals surface area contributed by atoms with Crippen molar-refractivity contribution >= 4 is 23.5 Å².